The first-order valence-electron chi connectivity index (χ1n) is 4.10. The van der Waals surface area contributed by atoms with E-state index in [2.05, 4.69) is 47.2 Å². The van der Waals surface area contributed by atoms with Gasteiger partial charge < -0.3 is 0 Å². The van der Waals surface area contributed by atoms with Crippen LogP contribution in [0.4, 0.5) is 5.95 Å². The molecule has 6 nitrogen and oxygen atoms in total. The molecule has 0 saturated carbocycles. The molecule has 0 spiro atoms. The molecule has 0 N–H and O–H groups in total. The summed E-state index contributed by atoms with van der Waals surface area (Å²) in [5.74, 6) is 0.281. The number of carbonyl (C=O) groups excluding carboxylic acids is 1. The number of hydrogen-bond acceptors (Lipinski definition) is 4. The zero-order valence-electron chi connectivity index (χ0n) is 7.98. The molecule has 1 aromatic rings. The standard InChI is InChI=1S/C7H7Br2N5O/c1-3-4(8)5(15)13(2)7-11-10-6(9)14(7)12-3/h4H,1-2H3. The highest BCUT2D eigenvalue weighted by Gasteiger charge is 2.30. The van der Waals surface area contributed by atoms with Gasteiger partial charge in [0, 0.05) is 7.05 Å². The molecular formula is C7H7Br2N5O. The summed E-state index contributed by atoms with van der Waals surface area (Å²) < 4.78 is 1.95. The van der Waals surface area contributed by atoms with Gasteiger partial charge in [-0.15, -0.1) is 10.2 Å². The summed E-state index contributed by atoms with van der Waals surface area (Å²) in [5, 5.41) is 11.9. The zero-order valence-corrected chi connectivity index (χ0v) is 11.1. The molecule has 1 amide bonds. The molecule has 1 aromatic heterocycles. The Bertz CT molecular complexity index is 454. The number of fused-ring (bicyclic) bond motifs is 1. The number of alkyl halides is 1. The fourth-order valence-electron chi connectivity index (χ4n) is 1.20. The topological polar surface area (TPSA) is 63.4 Å². The maximum absolute atomic E-state index is 11.8. The van der Waals surface area contributed by atoms with E-state index in [-0.39, 0.29) is 5.91 Å². The smallest absolute Gasteiger partial charge is 0.255 e. The number of aromatic nitrogens is 3. The highest BCUT2D eigenvalue weighted by molar-refractivity contribution is 9.10. The molecule has 0 saturated heterocycles. The van der Waals surface area contributed by atoms with E-state index >= 15 is 0 Å². The van der Waals surface area contributed by atoms with Crippen molar-refractivity contribution in [2.75, 3.05) is 11.9 Å². The second-order valence-corrected chi connectivity index (χ2v) is 4.71. The second-order valence-electron chi connectivity index (χ2n) is 3.08. The van der Waals surface area contributed by atoms with Crippen molar-refractivity contribution in [1.82, 2.24) is 14.9 Å². The number of anilines is 1. The molecule has 1 unspecified atom stereocenters. The minimum Gasteiger partial charge on any atom is -0.281 e. The molecule has 15 heavy (non-hydrogen) atoms. The van der Waals surface area contributed by atoms with Crippen LogP contribution in [0.25, 0.3) is 0 Å². The summed E-state index contributed by atoms with van der Waals surface area (Å²) >= 11 is 6.49. The minimum absolute atomic E-state index is 0.116. The first-order valence-corrected chi connectivity index (χ1v) is 5.81. The van der Waals surface area contributed by atoms with Crippen LogP contribution in [-0.2, 0) is 4.79 Å². The van der Waals surface area contributed by atoms with Gasteiger partial charge in [0.25, 0.3) is 5.95 Å². The van der Waals surface area contributed by atoms with Gasteiger partial charge in [-0.25, -0.2) is 0 Å². The lowest BCUT2D eigenvalue weighted by Crippen LogP contribution is -2.35. The molecule has 0 aliphatic carbocycles. The molecule has 8 heteroatoms. The molecule has 0 aromatic carbocycles. The van der Waals surface area contributed by atoms with Crippen LogP contribution in [0.1, 0.15) is 6.92 Å². The van der Waals surface area contributed by atoms with E-state index < -0.39 is 4.83 Å². The van der Waals surface area contributed by atoms with Crippen LogP contribution in [0.5, 0.6) is 0 Å². The van der Waals surface area contributed by atoms with Gasteiger partial charge in [0.2, 0.25) is 10.6 Å². The van der Waals surface area contributed by atoms with Crippen LogP contribution in [0.15, 0.2) is 9.84 Å². The number of halogens is 2. The van der Waals surface area contributed by atoms with Gasteiger partial charge in [-0.1, -0.05) is 15.9 Å². The number of carbonyl (C=O) groups is 1. The summed E-state index contributed by atoms with van der Waals surface area (Å²) in [4.78, 5) is 12.8. The van der Waals surface area contributed by atoms with Crippen LogP contribution < -0.4 is 4.90 Å². The molecule has 2 heterocycles. The van der Waals surface area contributed by atoms with Crippen molar-refractivity contribution in [2.45, 2.75) is 11.8 Å². The van der Waals surface area contributed by atoms with E-state index in [1.807, 2.05) is 0 Å². The SMILES string of the molecule is CC1=Nn2c(Br)nnc2N(C)C(=O)C1Br. The quantitative estimate of drug-likeness (QED) is 0.664. The molecule has 0 radical (unpaired) electrons. The highest BCUT2D eigenvalue weighted by atomic mass is 79.9. The Labute approximate surface area is 103 Å². The molecular weight excluding hydrogens is 330 g/mol. The van der Waals surface area contributed by atoms with Crippen molar-refractivity contribution in [2.24, 2.45) is 5.10 Å². The molecule has 1 atom stereocenters. The normalized spacial score (nSPS) is 21.1. The molecule has 80 valence electrons. The van der Waals surface area contributed by atoms with Crippen LogP contribution in [0.2, 0.25) is 0 Å². The van der Waals surface area contributed by atoms with Crippen LogP contribution in [0, 0.1) is 0 Å². The van der Waals surface area contributed by atoms with Crippen molar-refractivity contribution >= 4 is 49.4 Å². The number of rotatable bonds is 0. The lowest BCUT2D eigenvalue weighted by Gasteiger charge is -2.14. The largest absolute Gasteiger partial charge is 0.281 e. The van der Waals surface area contributed by atoms with E-state index in [0.717, 1.165) is 0 Å². The van der Waals surface area contributed by atoms with Gasteiger partial charge in [-0.05, 0) is 22.9 Å². The third-order valence-electron chi connectivity index (χ3n) is 2.06. The summed E-state index contributed by atoms with van der Waals surface area (Å²) in [6.45, 7) is 1.77. The minimum atomic E-state index is -0.420. The van der Waals surface area contributed by atoms with Gasteiger partial charge in [-0.3, -0.25) is 9.69 Å². The van der Waals surface area contributed by atoms with Crippen LogP contribution in [0.3, 0.4) is 0 Å². The van der Waals surface area contributed by atoms with Crippen molar-refractivity contribution < 1.29 is 4.79 Å². The molecule has 1 aliphatic heterocycles. The van der Waals surface area contributed by atoms with E-state index in [4.69, 9.17) is 0 Å². The van der Waals surface area contributed by atoms with Crippen molar-refractivity contribution in [1.29, 1.82) is 0 Å². The molecule has 2 rings (SSSR count). The fourth-order valence-corrected chi connectivity index (χ4v) is 1.92. The van der Waals surface area contributed by atoms with E-state index in [1.54, 1.807) is 14.0 Å². The Morgan fingerprint density at radius 1 is 1.40 bits per heavy atom. The number of amides is 1. The lowest BCUT2D eigenvalue weighted by atomic mass is 10.3. The summed E-state index contributed by atoms with van der Waals surface area (Å²) in [6, 6.07) is 0. The fraction of sp³-hybridized carbons (Fsp3) is 0.429. The van der Waals surface area contributed by atoms with Gasteiger partial charge >= 0.3 is 0 Å². The van der Waals surface area contributed by atoms with E-state index in [0.29, 0.717) is 16.4 Å². The Hall–Kier alpha value is -0.760. The first-order chi connectivity index (χ1) is 7.02. The number of nitrogens with zero attached hydrogens (tertiary/aromatic N) is 5. The Morgan fingerprint density at radius 2 is 2.07 bits per heavy atom. The summed E-state index contributed by atoms with van der Waals surface area (Å²) in [7, 11) is 1.64. The first kappa shape index (κ1) is 10.7. The van der Waals surface area contributed by atoms with Crippen LogP contribution >= 0.6 is 31.9 Å². The Kier molecular flexibility index (Phi) is 2.63. The average Bonchev–Trinajstić information content (AvgIpc) is 2.54. The summed E-state index contributed by atoms with van der Waals surface area (Å²) in [6.07, 6.45) is 0. The molecule has 1 aliphatic rings. The van der Waals surface area contributed by atoms with Crippen molar-refractivity contribution in [3.8, 4) is 0 Å². The maximum atomic E-state index is 11.8. The van der Waals surface area contributed by atoms with Crippen LogP contribution in [-0.4, -0.2) is 38.4 Å². The predicted octanol–water partition coefficient (Wildman–Crippen LogP) is 1.00. The van der Waals surface area contributed by atoms with Crippen molar-refractivity contribution in [3.63, 3.8) is 0 Å². The Balaban J connectivity index is 2.63. The molecule has 0 bridgehead atoms. The average molecular weight is 337 g/mol. The van der Waals surface area contributed by atoms with Gasteiger partial charge in [0.15, 0.2) is 0 Å². The second kappa shape index (κ2) is 3.67. The molecule has 0 fully saturated rings. The Morgan fingerprint density at radius 3 is 2.73 bits per heavy atom. The van der Waals surface area contributed by atoms with Gasteiger partial charge in [-0.2, -0.15) is 9.78 Å². The number of hydrogen-bond donors (Lipinski definition) is 0. The third-order valence-corrected chi connectivity index (χ3v) is 3.61. The highest BCUT2D eigenvalue weighted by Crippen LogP contribution is 2.22. The maximum Gasteiger partial charge on any atom is 0.255 e. The monoisotopic (exact) mass is 335 g/mol. The summed E-state index contributed by atoms with van der Waals surface area (Å²) in [5.41, 5.74) is 0.658. The van der Waals surface area contributed by atoms with Crippen molar-refractivity contribution in [3.05, 3.63) is 4.73 Å². The van der Waals surface area contributed by atoms with E-state index in [9.17, 15) is 4.79 Å². The predicted molar refractivity (Wildman–Crippen MR) is 62.4 cm³/mol. The third kappa shape index (κ3) is 1.61. The van der Waals surface area contributed by atoms with Gasteiger partial charge in [0.05, 0.1) is 5.71 Å². The lowest BCUT2D eigenvalue weighted by molar-refractivity contribution is -0.116. The zero-order chi connectivity index (χ0) is 11.2. The van der Waals surface area contributed by atoms with E-state index in [1.165, 1.54) is 9.58 Å². The van der Waals surface area contributed by atoms with Gasteiger partial charge in [0.1, 0.15) is 4.83 Å².